The largest absolute Gasteiger partial charge is 0.488 e. The molecule has 2 heterocycles. The number of aromatic nitrogens is 1. The average Bonchev–Trinajstić information content (AvgIpc) is 2.38. The van der Waals surface area contributed by atoms with E-state index >= 15 is 0 Å². The predicted molar refractivity (Wildman–Crippen MR) is 63.2 cm³/mol. The minimum Gasteiger partial charge on any atom is -0.488 e. The van der Waals surface area contributed by atoms with Crippen LogP contribution < -0.4 is 4.74 Å². The van der Waals surface area contributed by atoms with Gasteiger partial charge in [0.05, 0.1) is 11.1 Å². The van der Waals surface area contributed by atoms with Crippen molar-refractivity contribution >= 4 is 22.9 Å². The van der Waals surface area contributed by atoms with Crippen molar-refractivity contribution in [3.63, 3.8) is 0 Å². The number of pyridine rings is 1. The second-order valence-corrected chi connectivity index (χ2v) is 3.79. The summed E-state index contributed by atoms with van der Waals surface area (Å²) in [6.07, 6.45) is 5.56. The van der Waals surface area contributed by atoms with E-state index in [0.29, 0.717) is 12.4 Å². The van der Waals surface area contributed by atoms with Gasteiger partial charge in [0, 0.05) is 17.1 Å². The van der Waals surface area contributed by atoms with Crippen molar-refractivity contribution in [1.29, 1.82) is 0 Å². The van der Waals surface area contributed by atoms with Crippen molar-refractivity contribution in [3.8, 4) is 5.75 Å². The van der Waals surface area contributed by atoms with Crippen molar-refractivity contribution in [3.05, 3.63) is 41.6 Å². The Labute approximate surface area is 97.2 Å². The molecule has 0 radical (unpaired) electrons. The van der Waals surface area contributed by atoms with Crippen molar-refractivity contribution in [1.82, 2.24) is 4.98 Å². The van der Waals surface area contributed by atoms with Gasteiger partial charge < -0.3 is 9.84 Å². The number of rotatable bonds is 1. The zero-order valence-electron chi connectivity index (χ0n) is 8.88. The Morgan fingerprint density at radius 2 is 2.29 bits per heavy atom. The van der Waals surface area contributed by atoms with E-state index in [1.54, 1.807) is 24.4 Å². The first-order valence-corrected chi connectivity index (χ1v) is 5.21. The van der Waals surface area contributed by atoms with E-state index in [0.717, 1.165) is 16.5 Å². The molecule has 1 aromatic carbocycles. The monoisotopic (exact) mass is 227 g/mol. The highest BCUT2D eigenvalue weighted by Crippen LogP contribution is 2.31. The molecule has 4 nitrogen and oxygen atoms in total. The van der Waals surface area contributed by atoms with Crippen LogP contribution in [0.1, 0.15) is 15.9 Å². The first kappa shape index (κ1) is 9.84. The number of hydrogen-bond acceptors (Lipinski definition) is 3. The van der Waals surface area contributed by atoms with Gasteiger partial charge in [-0.05, 0) is 24.3 Å². The molecule has 1 aliphatic heterocycles. The molecular weight excluding hydrogens is 218 g/mol. The Hall–Kier alpha value is -2.36. The summed E-state index contributed by atoms with van der Waals surface area (Å²) >= 11 is 0. The molecule has 1 aromatic heterocycles. The van der Waals surface area contributed by atoms with Gasteiger partial charge in [-0.15, -0.1) is 0 Å². The molecule has 0 amide bonds. The van der Waals surface area contributed by atoms with Crippen LogP contribution in [0.25, 0.3) is 17.0 Å². The maximum atomic E-state index is 10.9. The lowest BCUT2D eigenvalue weighted by atomic mass is 10.1. The summed E-state index contributed by atoms with van der Waals surface area (Å²) in [6.45, 7) is 0.503. The van der Waals surface area contributed by atoms with Crippen LogP contribution in [0.3, 0.4) is 0 Å². The highest BCUT2D eigenvalue weighted by Gasteiger charge is 2.13. The zero-order chi connectivity index (χ0) is 11.8. The Morgan fingerprint density at radius 1 is 1.41 bits per heavy atom. The van der Waals surface area contributed by atoms with Gasteiger partial charge in [0.1, 0.15) is 12.4 Å². The second-order valence-electron chi connectivity index (χ2n) is 3.79. The van der Waals surface area contributed by atoms with Crippen molar-refractivity contribution in [2.45, 2.75) is 0 Å². The standard InChI is InChI=1S/C13H9NO3/c15-13(16)8-3-4-11-10(6-8)12-9(7-14-11)2-1-5-17-12/h1-4,6-7H,5H2,(H,15,16). The molecule has 0 saturated carbocycles. The summed E-state index contributed by atoms with van der Waals surface area (Å²) in [5.41, 5.74) is 1.86. The summed E-state index contributed by atoms with van der Waals surface area (Å²) in [6, 6.07) is 4.84. The van der Waals surface area contributed by atoms with Crippen LogP contribution in [0.2, 0.25) is 0 Å². The van der Waals surface area contributed by atoms with Gasteiger partial charge in [-0.3, -0.25) is 4.98 Å². The number of carboxylic acids is 1. The number of aromatic carboxylic acids is 1. The lowest BCUT2D eigenvalue weighted by Crippen LogP contribution is -2.03. The van der Waals surface area contributed by atoms with E-state index < -0.39 is 5.97 Å². The van der Waals surface area contributed by atoms with Crippen LogP contribution in [0.5, 0.6) is 5.75 Å². The van der Waals surface area contributed by atoms with Crippen LogP contribution in [0, 0.1) is 0 Å². The molecule has 3 rings (SSSR count). The Bertz CT molecular complexity index is 646. The van der Waals surface area contributed by atoms with Gasteiger partial charge in [0.2, 0.25) is 0 Å². The third-order valence-corrected chi connectivity index (χ3v) is 2.71. The fraction of sp³-hybridized carbons (Fsp3) is 0.0769. The lowest BCUT2D eigenvalue weighted by molar-refractivity contribution is 0.0697. The maximum absolute atomic E-state index is 10.9. The predicted octanol–water partition coefficient (Wildman–Crippen LogP) is 2.34. The van der Waals surface area contributed by atoms with Crippen molar-refractivity contribution in [2.75, 3.05) is 6.61 Å². The molecule has 0 aliphatic carbocycles. The van der Waals surface area contributed by atoms with Gasteiger partial charge in [0.15, 0.2) is 0 Å². The summed E-state index contributed by atoms with van der Waals surface area (Å²) in [5, 5.41) is 9.72. The molecule has 17 heavy (non-hydrogen) atoms. The zero-order valence-corrected chi connectivity index (χ0v) is 8.88. The van der Waals surface area contributed by atoms with E-state index in [1.807, 2.05) is 12.2 Å². The molecule has 0 atom stereocenters. The number of nitrogens with zero attached hydrogens (tertiary/aromatic N) is 1. The quantitative estimate of drug-likeness (QED) is 0.812. The molecule has 0 spiro atoms. The Morgan fingerprint density at radius 3 is 3.12 bits per heavy atom. The normalized spacial score (nSPS) is 13.2. The van der Waals surface area contributed by atoms with Crippen molar-refractivity contribution in [2.24, 2.45) is 0 Å². The molecule has 1 aliphatic rings. The SMILES string of the molecule is O=C(O)c1ccc2ncc3c(c2c1)OCC=C3. The fourth-order valence-electron chi connectivity index (χ4n) is 1.90. The topological polar surface area (TPSA) is 59.4 Å². The number of carboxylic acid groups (broad SMARTS) is 1. The third kappa shape index (κ3) is 1.54. The molecule has 0 saturated heterocycles. The number of hydrogen-bond donors (Lipinski definition) is 1. The fourth-order valence-corrected chi connectivity index (χ4v) is 1.90. The number of carbonyl (C=O) groups is 1. The summed E-state index contributed by atoms with van der Waals surface area (Å²) in [5.74, 6) is -0.239. The van der Waals surface area contributed by atoms with Crippen LogP contribution >= 0.6 is 0 Å². The molecule has 2 aromatic rings. The van der Waals surface area contributed by atoms with Crippen LogP contribution in [-0.2, 0) is 0 Å². The second kappa shape index (κ2) is 3.59. The smallest absolute Gasteiger partial charge is 0.335 e. The van der Waals surface area contributed by atoms with Crippen molar-refractivity contribution < 1.29 is 14.6 Å². The van der Waals surface area contributed by atoms with Gasteiger partial charge in [-0.1, -0.05) is 6.08 Å². The van der Waals surface area contributed by atoms with E-state index in [1.165, 1.54) is 0 Å². The third-order valence-electron chi connectivity index (χ3n) is 2.71. The minimum atomic E-state index is -0.948. The molecule has 0 fully saturated rings. The first-order chi connectivity index (χ1) is 8.25. The number of ether oxygens (including phenoxy) is 1. The van der Waals surface area contributed by atoms with E-state index in [-0.39, 0.29) is 5.56 Å². The number of fused-ring (bicyclic) bond motifs is 3. The van der Waals surface area contributed by atoms with Gasteiger partial charge >= 0.3 is 5.97 Å². The van der Waals surface area contributed by atoms with Crippen LogP contribution in [-0.4, -0.2) is 22.7 Å². The number of benzene rings is 1. The Balaban J connectivity index is 2.32. The highest BCUT2D eigenvalue weighted by molar-refractivity contribution is 5.96. The minimum absolute atomic E-state index is 0.242. The van der Waals surface area contributed by atoms with Gasteiger partial charge in [-0.25, -0.2) is 4.79 Å². The molecule has 4 heteroatoms. The molecule has 0 bridgehead atoms. The maximum Gasteiger partial charge on any atom is 0.335 e. The summed E-state index contributed by atoms with van der Waals surface area (Å²) in [4.78, 5) is 15.2. The van der Waals surface area contributed by atoms with Crippen LogP contribution in [0.15, 0.2) is 30.5 Å². The van der Waals surface area contributed by atoms with Gasteiger partial charge in [-0.2, -0.15) is 0 Å². The first-order valence-electron chi connectivity index (χ1n) is 5.21. The van der Waals surface area contributed by atoms with Gasteiger partial charge in [0.25, 0.3) is 0 Å². The molecule has 84 valence electrons. The summed E-state index contributed by atoms with van der Waals surface area (Å²) in [7, 11) is 0. The highest BCUT2D eigenvalue weighted by atomic mass is 16.5. The van der Waals surface area contributed by atoms with E-state index in [2.05, 4.69) is 4.98 Å². The van der Waals surface area contributed by atoms with E-state index in [9.17, 15) is 4.79 Å². The summed E-state index contributed by atoms with van der Waals surface area (Å²) < 4.78 is 5.55. The molecule has 1 N–H and O–H groups in total. The lowest BCUT2D eigenvalue weighted by Gasteiger charge is -2.14. The molecule has 0 unspecified atom stereocenters. The molecular formula is C13H9NO3. The van der Waals surface area contributed by atoms with E-state index in [4.69, 9.17) is 9.84 Å². The van der Waals surface area contributed by atoms with Crippen LogP contribution in [0.4, 0.5) is 0 Å². The Kier molecular flexibility index (Phi) is 2.08. The average molecular weight is 227 g/mol.